The van der Waals surface area contributed by atoms with Gasteiger partial charge in [0.15, 0.2) is 19.7 Å². The summed E-state index contributed by atoms with van der Waals surface area (Å²) in [5.41, 5.74) is 3.23. The summed E-state index contributed by atoms with van der Waals surface area (Å²) in [6.07, 6.45) is -4.02. The topological polar surface area (TPSA) is 534 Å². The van der Waals surface area contributed by atoms with E-state index >= 15 is 14.4 Å². The van der Waals surface area contributed by atoms with Crippen molar-refractivity contribution in [1.29, 1.82) is 0 Å². The van der Waals surface area contributed by atoms with E-state index in [4.69, 9.17) is 14.2 Å². The first-order valence-corrected chi connectivity index (χ1v) is 44.8. The lowest BCUT2D eigenvalue weighted by Crippen LogP contribution is -2.63. The molecule has 124 heavy (non-hydrogen) atoms. The minimum Gasteiger partial charge on any atom is -0.463 e. The average Bonchev–Trinajstić information content (AvgIpc) is 1.63. The molecule has 0 saturated heterocycles. The molecule has 1 heterocycles. The number of ether oxygens (including phenoxy) is 3. The molecular formula is C85H108N14O22S3. The van der Waals surface area contributed by atoms with Crippen LogP contribution in [-0.2, 0) is 113 Å². The number of hydrogen-bond acceptors (Lipinski definition) is 25. The van der Waals surface area contributed by atoms with E-state index in [2.05, 4.69) is 73.7 Å². The van der Waals surface area contributed by atoms with E-state index in [1.54, 1.807) is 191 Å². The monoisotopic (exact) mass is 1770 g/mol. The van der Waals surface area contributed by atoms with Gasteiger partial charge in [-0.15, -0.1) is 11.8 Å². The Hall–Kier alpha value is -12.2. The number of unbranched alkanes of at least 4 members (excludes halogenated alkanes) is 1. The van der Waals surface area contributed by atoms with E-state index in [1.807, 2.05) is 6.07 Å². The second-order valence-corrected chi connectivity index (χ2v) is 35.7. The molecule has 6 aromatic carbocycles. The van der Waals surface area contributed by atoms with Crippen molar-refractivity contribution in [2.75, 3.05) is 55.8 Å². The highest BCUT2D eigenvalue weighted by Gasteiger charge is 2.39. The van der Waals surface area contributed by atoms with Crippen molar-refractivity contribution in [1.82, 2.24) is 63.5 Å². The van der Waals surface area contributed by atoms with Gasteiger partial charge < -0.3 is 93.0 Å². The maximum Gasteiger partial charge on any atom is 0.408 e. The summed E-state index contributed by atoms with van der Waals surface area (Å²) in [7, 11) is -7.43. The molecule has 0 spiro atoms. The number of para-hydroxylation sites is 1. The van der Waals surface area contributed by atoms with Gasteiger partial charge in [-0.2, -0.15) is 10.2 Å². The molecule has 7 rings (SSSR count). The minimum atomic E-state index is -3.93. The number of carbonyl (C=O) groups excluding carboxylic acids is 12. The van der Waals surface area contributed by atoms with Gasteiger partial charge in [0.1, 0.15) is 73.2 Å². The molecule has 15 N–H and O–H groups in total. The van der Waals surface area contributed by atoms with Gasteiger partial charge >= 0.3 is 18.2 Å². The number of carbonyl (C=O) groups is 12. The number of thioether (sulfide) groups is 1. The number of aromatic nitrogens is 1. The summed E-state index contributed by atoms with van der Waals surface area (Å²) in [5, 5.41) is 70.0. The van der Waals surface area contributed by atoms with Crippen LogP contribution >= 0.6 is 11.8 Å². The van der Waals surface area contributed by atoms with E-state index in [-0.39, 0.29) is 63.1 Å². The van der Waals surface area contributed by atoms with Crippen LogP contribution in [0.15, 0.2) is 186 Å². The van der Waals surface area contributed by atoms with Gasteiger partial charge in [0.25, 0.3) is 0 Å². The molecule has 0 aliphatic rings. The molecule has 0 bridgehead atoms. The number of azo groups is 1. The van der Waals surface area contributed by atoms with Crippen LogP contribution in [0.1, 0.15) is 88.6 Å². The Balaban J connectivity index is 1.10. The summed E-state index contributed by atoms with van der Waals surface area (Å²) < 4.78 is 65.8. The molecule has 0 aliphatic carbocycles. The van der Waals surface area contributed by atoms with Crippen molar-refractivity contribution in [2.24, 2.45) is 10.2 Å². The number of aromatic amines is 1. The summed E-state index contributed by atoms with van der Waals surface area (Å²) >= 11 is 0.936. The summed E-state index contributed by atoms with van der Waals surface area (Å²) in [6.45, 7) is 5.96. The Labute approximate surface area is 722 Å². The lowest BCUT2D eigenvalue weighted by atomic mass is 10.00. The third-order valence-electron chi connectivity index (χ3n) is 18.6. The number of rotatable bonds is 48. The van der Waals surface area contributed by atoms with Crippen LogP contribution in [0.2, 0.25) is 0 Å². The number of alkyl carbamates (subject to hydrolysis) is 2. The number of H-pyrrole nitrogens is 1. The molecule has 39 heteroatoms. The van der Waals surface area contributed by atoms with Crippen LogP contribution in [0, 0.1) is 0 Å². The smallest absolute Gasteiger partial charge is 0.408 e. The van der Waals surface area contributed by atoms with Crippen molar-refractivity contribution in [3.8, 4) is 0 Å². The molecule has 1 aromatic heterocycles. The molecule has 11 atom stereocenters. The molecule has 0 unspecified atom stereocenters. The number of fused-ring (bicyclic) bond motifs is 1. The van der Waals surface area contributed by atoms with Crippen LogP contribution in [0.4, 0.5) is 21.0 Å². The minimum absolute atomic E-state index is 0.00332. The Morgan fingerprint density at radius 2 is 0.903 bits per heavy atom. The van der Waals surface area contributed by atoms with Gasteiger partial charge in [0.05, 0.1) is 53.3 Å². The van der Waals surface area contributed by atoms with Gasteiger partial charge in [-0.05, 0) is 112 Å². The zero-order valence-electron chi connectivity index (χ0n) is 69.6. The number of sulfone groups is 2. The number of nitrogens with zero attached hydrogens (tertiary/aromatic N) is 2. The molecule has 0 radical (unpaired) electrons. The highest BCUT2D eigenvalue weighted by molar-refractivity contribution is 7.99. The normalized spacial score (nSPS) is 14.2. The maximum atomic E-state index is 15.4. The van der Waals surface area contributed by atoms with E-state index in [1.165, 1.54) is 6.92 Å². The zero-order valence-corrected chi connectivity index (χ0v) is 72.1. The first-order valence-electron chi connectivity index (χ1n) is 39.8. The van der Waals surface area contributed by atoms with E-state index in [0.29, 0.717) is 50.1 Å². The lowest BCUT2D eigenvalue weighted by molar-refractivity contribution is -0.147. The number of aliphatic hydroxyl groups is 3. The fourth-order valence-electron chi connectivity index (χ4n) is 12.2. The first-order chi connectivity index (χ1) is 58.9. The number of amides is 11. The standard InChI is InChI=1S/C85H108N14O22S3/c1-53(101)72(80(110)92-67(45-57-26-14-9-15-27-57)78(108)97-73(54(2)102)81(111)93-70(49-100)79(109)94-71(50-122-52-88-55(3)103)82(112)119-41-43-124(117,118)51-59-35-37-62(38-36-59)99-98-61-30-18-11-19-31-61)96-74(104)65(34-22-23-39-86-83(113)120-40-42-123(7,115)116)89-77(107)69(47-60-48-87-64-33-21-20-32-63(60)64)91-75(105)66(44-56-24-12-8-13-25-56)90-76(106)68(46-58-28-16-10-17-29-58)95-84(114)121-85(4,5)6/h8-21,24-33,35-38,48,53-54,65-73,87,100-102H,22-23,34,39-47,49-52H2,1-7H3,(H,86,113)(H,88,103)(H,89,107)(H,90,106)(H,91,105)(H,92,110)(H,93,111)(H,94,109)(H,95,114)(H,96,104)(H,97,108)/t53-,54-,65+,66+,67+,68+,69+,70+,71+,72+,73+/m1/s1. The highest BCUT2D eigenvalue weighted by Crippen LogP contribution is 2.23. The summed E-state index contributed by atoms with van der Waals surface area (Å²) in [4.78, 5) is 173. The largest absolute Gasteiger partial charge is 0.463 e. The fraction of sp³-hybridized carbons (Fsp3) is 0.412. The van der Waals surface area contributed by atoms with Crippen LogP contribution in [0.25, 0.3) is 10.9 Å². The molecule has 36 nitrogen and oxygen atoms in total. The SMILES string of the molecule is CC(=O)NCSC[C@H](NC(=O)[C@H](CO)NC(=O)[C@@H](NC(=O)[C@H](Cc1ccccc1)NC(=O)[C@@H](NC(=O)[C@H](CCCCNC(=O)OCCS(C)(=O)=O)NC(=O)[C@H](Cc1c[nH]c2ccccc12)NC(=O)[C@H](Cc1ccccc1)NC(=O)[C@H](Cc1ccccc1)NC(=O)OC(C)(C)C)[C@@H](C)O)[C@@H](C)O)C(=O)OCCS(=O)(=O)Cc1ccc(N=Nc2ccccc2)cc1. The molecule has 11 amide bonds. The highest BCUT2D eigenvalue weighted by atomic mass is 32.2. The number of nitrogens with one attached hydrogen (secondary N) is 12. The number of aliphatic hydroxyl groups excluding tert-OH is 3. The second kappa shape index (κ2) is 49.2. The second-order valence-electron chi connectivity index (χ2n) is 30.2. The Kier molecular flexibility index (Phi) is 39.3. The summed E-state index contributed by atoms with van der Waals surface area (Å²) in [5.74, 6) is -12.2. The predicted molar refractivity (Wildman–Crippen MR) is 461 cm³/mol. The number of hydrogen-bond donors (Lipinski definition) is 15. The van der Waals surface area contributed by atoms with Gasteiger partial charge in [-0.3, -0.25) is 43.2 Å². The maximum absolute atomic E-state index is 15.4. The molecular weight excluding hydrogens is 1670 g/mol. The van der Waals surface area contributed by atoms with Crippen LogP contribution in [-0.4, -0.2) is 236 Å². The van der Waals surface area contributed by atoms with E-state index < -0.39 is 200 Å². The molecule has 668 valence electrons. The van der Waals surface area contributed by atoms with Crippen molar-refractivity contribution in [3.05, 3.63) is 204 Å². The van der Waals surface area contributed by atoms with E-state index in [9.17, 15) is 75.3 Å². The zero-order chi connectivity index (χ0) is 90.5. The number of esters is 1. The van der Waals surface area contributed by atoms with Crippen molar-refractivity contribution < 1.29 is 104 Å². The molecule has 0 saturated carbocycles. The molecule has 7 aromatic rings. The van der Waals surface area contributed by atoms with Gasteiger partial charge in [-0.1, -0.05) is 140 Å². The van der Waals surface area contributed by atoms with Gasteiger partial charge in [0, 0.05) is 68.3 Å². The first kappa shape index (κ1) is 98.9. The van der Waals surface area contributed by atoms with Crippen LogP contribution < -0.4 is 58.5 Å². The van der Waals surface area contributed by atoms with Crippen molar-refractivity contribution in [3.63, 3.8) is 0 Å². The lowest BCUT2D eigenvalue weighted by Gasteiger charge is -2.29. The quantitative estimate of drug-likeness (QED) is 0.00855. The Morgan fingerprint density at radius 3 is 1.41 bits per heavy atom. The Morgan fingerprint density at radius 1 is 0.468 bits per heavy atom. The average molecular weight is 1770 g/mol. The molecule has 0 fully saturated rings. The fourth-order valence-corrected chi connectivity index (χ4v) is 14.7. The Bertz CT molecular complexity index is 4990. The van der Waals surface area contributed by atoms with Crippen molar-refractivity contribution in [2.45, 2.75) is 164 Å². The van der Waals surface area contributed by atoms with Crippen LogP contribution in [0.3, 0.4) is 0 Å². The van der Waals surface area contributed by atoms with Gasteiger partial charge in [0.2, 0.25) is 53.2 Å². The van der Waals surface area contributed by atoms with Crippen molar-refractivity contribution >= 4 is 125 Å². The number of benzene rings is 6. The predicted octanol–water partition coefficient (Wildman–Crippen LogP) is 3.31. The summed E-state index contributed by atoms with van der Waals surface area (Å²) in [6, 6.07) is 32.2. The van der Waals surface area contributed by atoms with Crippen LogP contribution in [0.5, 0.6) is 0 Å². The third-order valence-corrected chi connectivity index (χ3v) is 22.0. The molecule has 0 aliphatic heterocycles. The van der Waals surface area contributed by atoms with E-state index in [0.717, 1.165) is 31.9 Å². The van der Waals surface area contributed by atoms with Gasteiger partial charge in [-0.25, -0.2) is 31.2 Å². The third kappa shape index (κ3) is 35.3.